The molecule has 0 aromatic heterocycles. The molecule has 1 aromatic rings. The van der Waals surface area contributed by atoms with Crippen LogP contribution in [0.15, 0.2) is 29.3 Å². The molecule has 29 heavy (non-hydrogen) atoms. The lowest BCUT2D eigenvalue weighted by Gasteiger charge is -2.32. The Morgan fingerprint density at radius 3 is 2.66 bits per heavy atom. The number of rotatable bonds is 10. The summed E-state index contributed by atoms with van der Waals surface area (Å²) in [5.41, 5.74) is 0. The van der Waals surface area contributed by atoms with Gasteiger partial charge in [0.15, 0.2) is 17.5 Å². The van der Waals surface area contributed by atoms with E-state index in [-0.39, 0.29) is 41.6 Å². The molecule has 1 aliphatic rings. The molecule has 1 aromatic carbocycles. The maximum atomic E-state index is 13.7. The van der Waals surface area contributed by atoms with E-state index in [0.29, 0.717) is 12.5 Å². The number of benzene rings is 1. The molecule has 0 aliphatic carbocycles. The number of halogens is 2. The number of ether oxygens (including phenoxy) is 2. The Bertz CT molecular complexity index is 598. The van der Waals surface area contributed by atoms with Gasteiger partial charge in [-0.25, -0.2) is 9.38 Å². The first-order valence-electron chi connectivity index (χ1n) is 10.3. The largest absolute Gasteiger partial charge is 0.486 e. The zero-order valence-electron chi connectivity index (χ0n) is 17.8. The molecule has 1 saturated heterocycles. The number of hydrogen-bond acceptors (Lipinski definition) is 4. The van der Waals surface area contributed by atoms with Crippen molar-refractivity contribution in [2.75, 3.05) is 53.0 Å². The number of methoxy groups -OCH3 is 1. The normalized spacial score (nSPS) is 16.8. The minimum Gasteiger partial charge on any atom is -0.486 e. The monoisotopic (exact) mass is 522 g/mol. The maximum Gasteiger partial charge on any atom is 0.191 e. The quantitative estimate of drug-likeness (QED) is 0.281. The van der Waals surface area contributed by atoms with Crippen molar-refractivity contribution < 1.29 is 13.9 Å². The van der Waals surface area contributed by atoms with E-state index in [1.165, 1.54) is 18.9 Å². The fourth-order valence-corrected chi connectivity index (χ4v) is 3.23. The Kier molecular flexibility index (Phi) is 13.2. The predicted molar refractivity (Wildman–Crippen MR) is 127 cm³/mol. The Morgan fingerprint density at radius 2 is 2.00 bits per heavy atom. The third-order valence-corrected chi connectivity index (χ3v) is 4.89. The van der Waals surface area contributed by atoms with Crippen LogP contribution in [0.2, 0.25) is 0 Å². The summed E-state index contributed by atoms with van der Waals surface area (Å²) in [4.78, 5) is 7.06. The van der Waals surface area contributed by atoms with Crippen molar-refractivity contribution in [3.63, 3.8) is 0 Å². The highest BCUT2D eigenvalue weighted by atomic mass is 127. The van der Waals surface area contributed by atoms with Gasteiger partial charge in [0.2, 0.25) is 0 Å². The van der Waals surface area contributed by atoms with Gasteiger partial charge < -0.3 is 25.0 Å². The average molecular weight is 522 g/mol. The van der Waals surface area contributed by atoms with Gasteiger partial charge in [-0.3, -0.25) is 0 Å². The van der Waals surface area contributed by atoms with Crippen LogP contribution in [0.25, 0.3) is 0 Å². The second kappa shape index (κ2) is 14.8. The van der Waals surface area contributed by atoms with Gasteiger partial charge in [0.25, 0.3) is 0 Å². The zero-order valence-corrected chi connectivity index (χ0v) is 20.2. The highest BCUT2D eigenvalue weighted by Gasteiger charge is 2.19. The van der Waals surface area contributed by atoms with Crippen molar-refractivity contribution in [2.24, 2.45) is 10.9 Å². The summed E-state index contributed by atoms with van der Waals surface area (Å²) in [6.07, 6.45) is 2.16. The summed E-state index contributed by atoms with van der Waals surface area (Å²) in [5, 5.41) is 6.72. The predicted octanol–water partition coefficient (Wildman–Crippen LogP) is 3.12. The lowest BCUT2D eigenvalue weighted by molar-refractivity contribution is 0.121. The van der Waals surface area contributed by atoms with Crippen LogP contribution >= 0.6 is 24.0 Å². The van der Waals surface area contributed by atoms with Gasteiger partial charge in [0, 0.05) is 26.7 Å². The molecule has 0 bridgehead atoms. The van der Waals surface area contributed by atoms with Gasteiger partial charge in [0.1, 0.15) is 6.10 Å². The van der Waals surface area contributed by atoms with E-state index in [4.69, 9.17) is 9.47 Å². The van der Waals surface area contributed by atoms with Gasteiger partial charge in [-0.05, 0) is 57.8 Å². The maximum absolute atomic E-state index is 13.7. The summed E-state index contributed by atoms with van der Waals surface area (Å²) in [6.45, 7) is 10.2. The van der Waals surface area contributed by atoms with Crippen molar-refractivity contribution in [1.29, 1.82) is 0 Å². The van der Waals surface area contributed by atoms with Crippen LogP contribution in [0.1, 0.15) is 26.7 Å². The fourth-order valence-electron chi connectivity index (χ4n) is 3.23. The Labute approximate surface area is 191 Å². The highest BCUT2D eigenvalue weighted by molar-refractivity contribution is 14.0. The van der Waals surface area contributed by atoms with Gasteiger partial charge >= 0.3 is 0 Å². The summed E-state index contributed by atoms with van der Waals surface area (Å²) >= 11 is 0. The third-order valence-electron chi connectivity index (χ3n) is 4.89. The molecule has 1 heterocycles. The molecule has 1 unspecified atom stereocenters. The minimum absolute atomic E-state index is 0. The van der Waals surface area contributed by atoms with Crippen LogP contribution in [-0.4, -0.2) is 69.9 Å². The Balaban J connectivity index is 0.00000420. The number of hydrogen-bond donors (Lipinski definition) is 2. The van der Waals surface area contributed by atoms with E-state index in [9.17, 15) is 4.39 Å². The number of likely N-dealkylation sites (tertiary alicyclic amines) is 1. The number of guanidine groups is 1. The number of nitrogens with zero attached hydrogens (tertiary/aromatic N) is 2. The molecular formula is C21H36FIN4O2. The number of piperidine rings is 1. The van der Waals surface area contributed by atoms with E-state index in [2.05, 4.69) is 20.5 Å². The van der Waals surface area contributed by atoms with Gasteiger partial charge in [-0.1, -0.05) is 12.1 Å². The van der Waals surface area contributed by atoms with Crippen molar-refractivity contribution in [3.8, 4) is 5.75 Å². The molecule has 1 aliphatic heterocycles. The number of para-hydroxylation sites is 1. The molecule has 6 nitrogen and oxygen atoms in total. The molecule has 0 saturated carbocycles. The van der Waals surface area contributed by atoms with Crippen LogP contribution < -0.4 is 15.4 Å². The molecule has 1 atom stereocenters. The number of nitrogens with one attached hydrogen (secondary N) is 2. The lowest BCUT2D eigenvalue weighted by atomic mass is 9.97. The van der Waals surface area contributed by atoms with Crippen molar-refractivity contribution in [3.05, 3.63) is 30.1 Å². The molecule has 2 rings (SSSR count). The van der Waals surface area contributed by atoms with Crippen molar-refractivity contribution in [1.82, 2.24) is 15.5 Å². The molecule has 1 fully saturated rings. The van der Waals surface area contributed by atoms with E-state index in [1.54, 1.807) is 25.3 Å². The molecule has 0 spiro atoms. The molecule has 0 radical (unpaired) electrons. The smallest absolute Gasteiger partial charge is 0.191 e. The second-order valence-electron chi connectivity index (χ2n) is 7.24. The summed E-state index contributed by atoms with van der Waals surface area (Å²) in [6, 6.07) is 6.45. The van der Waals surface area contributed by atoms with E-state index in [0.717, 1.165) is 45.3 Å². The molecule has 0 amide bonds. The highest BCUT2D eigenvalue weighted by Crippen LogP contribution is 2.17. The number of aliphatic imine (C=N–C) groups is 1. The summed E-state index contributed by atoms with van der Waals surface area (Å²) in [7, 11) is 1.75. The minimum atomic E-state index is -0.347. The zero-order chi connectivity index (χ0) is 20.2. The topological polar surface area (TPSA) is 58.1 Å². The van der Waals surface area contributed by atoms with Crippen LogP contribution in [-0.2, 0) is 4.74 Å². The summed E-state index contributed by atoms with van der Waals surface area (Å²) < 4.78 is 24.5. The van der Waals surface area contributed by atoms with Crippen LogP contribution in [0.5, 0.6) is 5.75 Å². The first-order valence-corrected chi connectivity index (χ1v) is 10.3. The van der Waals surface area contributed by atoms with E-state index in [1.807, 2.05) is 13.8 Å². The van der Waals surface area contributed by atoms with Gasteiger partial charge in [-0.2, -0.15) is 0 Å². The second-order valence-corrected chi connectivity index (χ2v) is 7.24. The molecule has 8 heteroatoms. The first-order chi connectivity index (χ1) is 13.6. The summed E-state index contributed by atoms with van der Waals surface area (Å²) in [5.74, 6) is 1.35. The Hall–Kier alpha value is -1.13. The van der Waals surface area contributed by atoms with Crippen LogP contribution in [0.4, 0.5) is 4.39 Å². The van der Waals surface area contributed by atoms with Gasteiger partial charge in [-0.15, -0.1) is 24.0 Å². The average Bonchev–Trinajstić information content (AvgIpc) is 2.71. The van der Waals surface area contributed by atoms with Crippen LogP contribution in [0.3, 0.4) is 0 Å². The molecule has 2 N–H and O–H groups in total. The van der Waals surface area contributed by atoms with Crippen molar-refractivity contribution >= 4 is 29.9 Å². The lowest BCUT2D eigenvalue weighted by Crippen LogP contribution is -2.43. The Morgan fingerprint density at radius 1 is 1.28 bits per heavy atom. The van der Waals surface area contributed by atoms with Crippen molar-refractivity contribution in [2.45, 2.75) is 32.8 Å². The standard InChI is InChI=1S/C21H35FN4O2.HI/c1-4-23-21(24-15-17(2)28-20-8-6-5-7-19(20)22)25-16-18-9-11-26(12-10-18)13-14-27-3;/h5-8,17-18H,4,9-16H2,1-3H3,(H2,23,24,25);1H. The SMILES string of the molecule is CCNC(=NCC(C)Oc1ccccc1F)NCC1CCN(CCOC)CC1.I. The first kappa shape index (κ1) is 25.9. The van der Waals surface area contributed by atoms with Crippen LogP contribution in [0, 0.1) is 11.7 Å². The molecular weight excluding hydrogens is 486 g/mol. The van der Waals surface area contributed by atoms with Gasteiger partial charge in [0.05, 0.1) is 13.2 Å². The van der Waals surface area contributed by atoms with E-state index >= 15 is 0 Å². The van der Waals surface area contributed by atoms with E-state index < -0.39 is 0 Å². The molecule has 166 valence electrons. The third kappa shape index (κ3) is 9.95. The fraction of sp³-hybridized carbons (Fsp3) is 0.667.